The quantitative estimate of drug-likeness (QED) is 0.115. The number of carbonyl (C=O) groups excluding carboxylic acids is 1. The van der Waals surface area contributed by atoms with Gasteiger partial charge in [-0.05, 0) is 84.8 Å². The number of amides is 1. The second kappa shape index (κ2) is 14.0. The van der Waals surface area contributed by atoms with Crippen LogP contribution in [-0.4, -0.2) is 23.7 Å². The van der Waals surface area contributed by atoms with E-state index < -0.39 is 0 Å². The van der Waals surface area contributed by atoms with Gasteiger partial charge in [-0.25, -0.2) is 10.4 Å². The standard InChI is InChI=1S/C32H26Cl2N4O3S/c1-2-40-30-17-21(6-15-29(30)41-19-22-4-3-5-26(34)16-22)18-35-38-31(39)24-9-7-23(8-10-24)28-20-42-32(37-28)36-27-13-11-25(33)12-14-27/h3-18,20H,2,19H2,1H3,(H,36,37)(H,38,39)/b35-18-. The molecule has 0 bridgehead atoms. The Kier molecular flexibility index (Phi) is 9.71. The van der Waals surface area contributed by atoms with Crippen molar-refractivity contribution < 1.29 is 14.3 Å². The zero-order valence-corrected chi connectivity index (χ0v) is 24.8. The van der Waals surface area contributed by atoms with Gasteiger partial charge in [0, 0.05) is 32.2 Å². The van der Waals surface area contributed by atoms with Crippen molar-refractivity contribution in [2.75, 3.05) is 11.9 Å². The van der Waals surface area contributed by atoms with Crippen molar-refractivity contribution in [1.29, 1.82) is 0 Å². The molecule has 10 heteroatoms. The molecule has 0 spiro atoms. The smallest absolute Gasteiger partial charge is 0.271 e. The monoisotopic (exact) mass is 616 g/mol. The van der Waals surface area contributed by atoms with Crippen molar-refractivity contribution in [3.63, 3.8) is 0 Å². The molecule has 0 unspecified atom stereocenters. The number of aromatic nitrogens is 1. The molecule has 0 atom stereocenters. The van der Waals surface area contributed by atoms with Crippen LogP contribution < -0.4 is 20.2 Å². The molecule has 1 aromatic heterocycles. The Morgan fingerprint density at radius 1 is 0.929 bits per heavy atom. The van der Waals surface area contributed by atoms with Crippen LogP contribution in [0.15, 0.2) is 101 Å². The molecule has 5 rings (SSSR count). The number of halogens is 2. The topological polar surface area (TPSA) is 84.8 Å². The van der Waals surface area contributed by atoms with E-state index in [0.29, 0.717) is 40.3 Å². The lowest BCUT2D eigenvalue weighted by atomic mass is 10.1. The van der Waals surface area contributed by atoms with Gasteiger partial charge in [-0.3, -0.25) is 4.79 Å². The van der Waals surface area contributed by atoms with Crippen molar-refractivity contribution in [2.45, 2.75) is 13.5 Å². The van der Waals surface area contributed by atoms with Crippen molar-refractivity contribution in [2.24, 2.45) is 5.10 Å². The van der Waals surface area contributed by atoms with Gasteiger partial charge in [0.15, 0.2) is 16.6 Å². The molecule has 0 saturated heterocycles. The largest absolute Gasteiger partial charge is 0.490 e. The molecule has 1 amide bonds. The third kappa shape index (κ3) is 7.88. The Bertz CT molecular complexity index is 1690. The van der Waals surface area contributed by atoms with Crippen LogP contribution in [0.25, 0.3) is 11.3 Å². The van der Waals surface area contributed by atoms with E-state index in [4.69, 9.17) is 32.7 Å². The minimum absolute atomic E-state index is 0.326. The third-order valence-corrected chi connectivity index (χ3v) is 7.22. The van der Waals surface area contributed by atoms with Gasteiger partial charge < -0.3 is 14.8 Å². The fraction of sp³-hybridized carbons (Fsp3) is 0.0938. The van der Waals surface area contributed by atoms with E-state index in [0.717, 1.165) is 33.2 Å². The van der Waals surface area contributed by atoms with Crippen LogP contribution in [0.4, 0.5) is 10.8 Å². The summed E-state index contributed by atoms with van der Waals surface area (Å²) in [5.74, 6) is 0.859. The fourth-order valence-electron chi connectivity index (χ4n) is 3.92. The number of hydrazone groups is 1. The first-order valence-electron chi connectivity index (χ1n) is 13.0. The highest BCUT2D eigenvalue weighted by Crippen LogP contribution is 2.30. The molecule has 212 valence electrons. The van der Waals surface area contributed by atoms with Gasteiger partial charge in [0.25, 0.3) is 5.91 Å². The number of carbonyl (C=O) groups is 1. The predicted molar refractivity (Wildman–Crippen MR) is 171 cm³/mol. The van der Waals surface area contributed by atoms with Gasteiger partial charge in [0.1, 0.15) is 6.61 Å². The summed E-state index contributed by atoms with van der Waals surface area (Å²) in [6.45, 7) is 2.73. The second-order valence-electron chi connectivity index (χ2n) is 9.00. The molecular formula is C32H26Cl2N4O3S. The first-order chi connectivity index (χ1) is 20.5. The number of rotatable bonds is 11. The summed E-state index contributed by atoms with van der Waals surface area (Å²) in [5, 5.41) is 11.4. The average molecular weight is 618 g/mol. The molecule has 42 heavy (non-hydrogen) atoms. The van der Waals surface area contributed by atoms with Gasteiger partial charge in [-0.1, -0.05) is 47.5 Å². The van der Waals surface area contributed by atoms with Crippen LogP contribution in [0.3, 0.4) is 0 Å². The summed E-state index contributed by atoms with van der Waals surface area (Å²) in [7, 11) is 0. The Morgan fingerprint density at radius 3 is 2.50 bits per heavy atom. The van der Waals surface area contributed by atoms with Crippen molar-refractivity contribution >= 4 is 57.5 Å². The van der Waals surface area contributed by atoms with Crippen LogP contribution in [0, 0.1) is 0 Å². The molecule has 7 nitrogen and oxygen atoms in total. The van der Waals surface area contributed by atoms with E-state index in [1.165, 1.54) is 11.3 Å². The molecule has 2 N–H and O–H groups in total. The SMILES string of the molecule is CCOc1cc(/C=N\NC(=O)c2ccc(-c3csc(Nc4ccc(Cl)cc4)n3)cc2)ccc1OCc1cccc(Cl)c1. The maximum atomic E-state index is 12.7. The lowest BCUT2D eigenvalue weighted by molar-refractivity contribution is 0.0955. The summed E-state index contributed by atoms with van der Waals surface area (Å²) in [6, 6.07) is 27.6. The third-order valence-electron chi connectivity index (χ3n) is 5.97. The lowest BCUT2D eigenvalue weighted by Crippen LogP contribution is -2.17. The highest BCUT2D eigenvalue weighted by atomic mass is 35.5. The van der Waals surface area contributed by atoms with Crippen LogP contribution in [0.1, 0.15) is 28.4 Å². The first kappa shape index (κ1) is 29.1. The molecular weight excluding hydrogens is 591 g/mol. The number of nitrogens with zero attached hydrogens (tertiary/aromatic N) is 2. The number of hydrogen-bond donors (Lipinski definition) is 2. The fourth-order valence-corrected chi connectivity index (χ4v) is 5.00. The van der Waals surface area contributed by atoms with Gasteiger partial charge in [0.2, 0.25) is 0 Å². The van der Waals surface area contributed by atoms with Crippen LogP contribution in [-0.2, 0) is 6.61 Å². The van der Waals surface area contributed by atoms with Crippen LogP contribution >= 0.6 is 34.5 Å². The summed E-state index contributed by atoms with van der Waals surface area (Å²) >= 11 is 13.5. The molecule has 0 fully saturated rings. The summed E-state index contributed by atoms with van der Waals surface area (Å²) in [6.07, 6.45) is 1.56. The number of anilines is 2. The van der Waals surface area contributed by atoms with E-state index in [1.807, 2.05) is 91.2 Å². The zero-order chi connectivity index (χ0) is 29.3. The molecule has 0 radical (unpaired) electrons. The summed E-state index contributed by atoms with van der Waals surface area (Å²) in [5.41, 5.74) is 7.36. The van der Waals surface area contributed by atoms with E-state index in [1.54, 1.807) is 18.3 Å². The number of benzene rings is 4. The number of thiazole rings is 1. The zero-order valence-electron chi connectivity index (χ0n) is 22.5. The number of hydrogen-bond acceptors (Lipinski definition) is 7. The van der Waals surface area contributed by atoms with Gasteiger partial charge in [-0.15, -0.1) is 11.3 Å². The average Bonchev–Trinajstić information content (AvgIpc) is 3.46. The van der Waals surface area contributed by atoms with E-state index in [9.17, 15) is 4.79 Å². The first-order valence-corrected chi connectivity index (χ1v) is 14.7. The second-order valence-corrected chi connectivity index (χ2v) is 10.7. The minimum atomic E-state index is -0.326. The van der Waals surface area contributed by atoms with Crippen molar-refractivity contribution in [3.05, 3.63) is 123 Å². The molecule has 5 aromatic rings. The minimum Gasteiger partial charge on any atom is -0.490 e. The van der Waals surface area contributed by atoms with Gasteiger partial charge in [-0.2, -0.15) is 5.10 Å². The van der Waals surface area contributed by atoms with Crippen LogP contribution in [0.5, 0.6) is 11.5 Å². The highest BCUT2D eigenvalue weighted by Gasteiger charge is 2.10. The Morgan fingerprint density at radius 2 is 1.74 bits per heavy atom. The molecule has 1 heterocycles. The maximum absolute atomic E-state index is 12.7. The van der Waals surface area contributed by atoms with Crippen molar-refractivity contribution in [3.8, 4) is 22.8 Å². The Hall–Kier alpha value is -4.37. The number of nitrogens with one attached hydrogen (secondary N) is 2. The highest BCUT2D eigenvalue weighted by molar-refractivity contribution is 7.14. The normalized spacial score (nSPS) is 10.9. The van der Waals surface area contributed by atoms with Crippen molar-refractivity contribution in [1.82, 2.24) is 10.4 Å². The summed E-state index contributed by atoms with van der Waals surface area (Å²) < 4.78 is 11.7. The Labute approximate surface area is 257 Å². The lowest BCUT2D eigenvalue weighted by Gasteiger charge is -2.12. The Balaban J connectivity index is 1.17. The van der Waals surface area contributed by atoms with E-state index >= 15 is 0 Å². The van der Waals surface area contributed by atoms with E-state index in [-0.39, 0.29) is 5.91 Å². The molecule has 4 aromatic carbocycles. The molecule has 0 aliphatic heterocycles. The van der Waals surface area contributed by atoms with Gasteiger partial charge in [0.05, 0.1) is 18.5 Å². The predicted octanol–water partition coefficient (Wildman–Crippen LogP) is 8.60. The van der Waals surface area contributed by atoms with Crippen LogP contribution in [0.2, 0.25) is 10.0 Å². The molecule has 0 aliphatic carbocycles. The summed E-state index contributed by atoms with van der Waals surface area (Å²) in [4.78, 5) is 17.3. The number of ether oxygens (including phenoxy) is 2. The maximum Gasteiger partial charge on any atom is 0.271 e. The van der Waals surface area contributed by atoms with Gasteiger partial charge >= 0.3 is 0 Å². The van der Waals surface area contributed by atoms with E-state index in [2.05, 4.69) is 20.8 Å². The molecule has 0 saturated carbocycles. The molecule has 0 aliphatic rings.